The molecule has 1 aliphatic carbocycles. The highest BCUT2D eigenvalue weighted by Gasteiger charge is 2.30. The first kappa shape index (κ1) is 25.1. The molecule has 2 amide bonds. The summed E-state index contributed by atoms with van der Waals surface area (Å²) in [5, 5.41) is 3.16. The van der Waals surface area contributed by atoms with Gasteiger partial charge in [0.25, 0.3) is 0 Å². The Bertz CT molecular complexity index is 899. The van der Waals surface area contributed by atoms with Crippen LogP contribution >= 0.6 is 11.8 Å². The number of methoxy groups -OCH3 is 1. The van der Waals surface area contributed by atoms with Crippen molar-refractivity contribution in [3.8, 4) is 5.75 Å². The highest BCUT2D eigenvalue weighted by Crippen LogP contribution is 2.21. The Hall–Kier alpha value is -2.54. The van der Waals surface area contributed by atoms with Gasteiger partial charge in [0.1, 0.15) is 17.6 Å². The van der Waals surface area contributed by atoms with Crippen molar-refractivity contribution in [2.75, 3.05) is 12.9 Å². The Morgan fingerprint density at radius 1 is 1.09 bits per heavy atom. The topological polar surface area (TPSA) is 58.6 Å². The Kier molecular flexibility index (Phi) is 9.61. The highest BCUT2D eigenvalue weighted by molar-refractivity contribution is 7.99. The Morgan fingerprint density at radius 3 is 2.33 bits per heavy atom. The maximum atomic E-state index is 13.3. The average molecular weight is 473 g/mol. The molecule has 0 aromatic heterocycles. The van der Waals surface area contributed by atoms with Crippen molar-refractivity contribution in [1.82, 2.24) is 10.2 Å². The maximum absolute atomic E-state index is 13.3. The number of rotatable bonds is 11. The third kappa shape index (κ3) is 7.49. The number of nitrogens with one attached hydrogen (secondary N) is 1. The molecule has 0 radical (unpaired) electrons. The summed E-state index contributed by atoms with van der Waals surface area (Å²) >= 11 is 1.47. The summed E-state index contributed by atoms with van der Waals surface area (Å²) in [7, 11) is 1.61. The number of amides is 2. The van der Waals surface area contributed by atoms with Crippen LogP contribution in [0, 0.1) is 5.82 Å². The molecular formula is C26H33FN2O3S. The second-order valence-corrected chi connectivity index (χ2v) is 9.39. The standard InChI is InChI=1S/C26H33FN2O3S/c1-3-24(26(31)28-22-6-4-5-7-22)29(16-19-10-14-23(32-2)15-11-19)25(30)18-33-17-20-8-12-21(27)13-9-20/h8-15,22,24H,3-7,16-18H2,1-2H3,(H,28,31)/t24-/m1/s1. The second kappa shape index (κ2) is 12.6. The molecule has 1 fully saturated rings. The molecule has 33 heavy (non-hydrogen) atoms. The number of carbonyl (C=O) groups excluding carboxylic acids is 2. The van der Waals surface area contributed by atoms with E-state index in [9.17, 15) is 14.0 Å². The third-order valence-corrected chi connectivity index (χ3v) is 7.00. The maximum Gasteiger partial charge on any atom is 0.243 e. The van der Waals surface area contributed by atoms with E-state index in [-0.39, 0.29) is 29.4 Å². The van der Waals surface area contributed by atoms with E-state index < -0.39 is 6.04 Å². The largest absolute Gasteiger partial charge is 0.497 e. The lowest BCUT2D eigenvalue weighted by Gasteiger charge is -2.31. The van der Waals surface area contributed by atoms with Crippen molar-refractivity contribution >= 4 is 23.6 Å². The number of hydrogen-bond acceptors (Lipinski definition) is 4. The molecule has 1 saturated carbocycles. The average Bonchev–Trinajstić information content (AvgIpc) is 3.33. The van der Waals surface area contributed by atoms with E-state index in [2.05, 4.69) is 5.32 Å². The summed E-state index contributed by atoms with van der Waals surface area (Å²) in [5.74, 6) is 1.18. The van der Waals surface area contributed by atoms with Crippen LogP contribution in [-0.2, 0) is 21.9 Å². The number of nitrogens with zero attached hydrogens (tertiary/aromatic N) is 1. The number of carbonyl (C=O) groups is 2. The molecule has 3 rings (SSSR count). The van der Waals surface area contributed by atoms with E-state index in [0.717, 1.165) is 42.6 Å². The zero-order valence-corrected chi connectivity index (χ0v) is 20.2. The van der Waals surface area contributed by atoms with E-state index in [4.69, 9.17) is 4.74 Å². The number of ether oxygens (including phenoxy) is 1. The molecule has 0 heterocycles. The molecule has 2 aromatic rings. The van der Waals surface area contributed by atoms with Gasteiger partial charge in [0.05, 0.1) is 12.9 Å². The summed E-state index contributed by atoms with van der Waals surface area (Å²) in [6, 6.07) is 13.6. The van der Waals surface area contributed by atoms with Crippen LogP contribution in [0.25, 0.3) is 0 Å². The van der Waals surface area contributed by atoms with Crippen LogP contribution in [0.2, 0.25) is 0 Å². The molecule has 178 valence electrons. The first-order valence-corrected chi connectivity index (χ1v) is 12.7. The summed E-state index contributed by atoms with van der Waals surface area (Å²) in [6.45, 7) is 2.30. The SMILES string of the molecule is CC[C@H](C(=O)NC1CCCC1)N(Cc1ccc(OC)cc1)C(=O)CSCc1ccc(F)cc1. The quantitative estimate of drug-likeness (QED) is 0.504. The molecule has 0 bridgehead atoms. The van der Waals surface area contributed by atoms with E-state index in [0.29, 0.717) is 18.7 Å². The molecule has 1 N–H and O–H groups in total. The molecule has 5 nitrogen and oxygen atoms in total. The minimum atomic E-state index is -0.522. The first-order valence-electron chi connectivity index (χ1n) is 11.5. The Morgan fingerprint density at radius 2 is 1.73 bits per heavy atom. The first-order chi connectivity index (χ1) is 16.0. The van der Waals surface area contributed by atoms with E-state index in [1.165, 1.54) is 23.9 Å². The molecule has 7 heteroatoms. The van der Waals surface area contributed by atoms with Crippen LogP contribution in [0.1, 0.15) is 50.2 Å². The van der Waals surface area contributed by atoms with E-state index in [1.807, 2.05) is 31.2 Å². The molecule has 2 aromatic carbocycles. The highest BCUT2D eigenvalue weighted by atomic mass is 32.2. The van der Waals surface area contributed by atoms with Gasteiger partial charge in [-0.3, -0.25) is 9.59 Å². The lowest BCUT2D eigenvalue weighted by Crippen LogP contribution is -2.51. The van der Waals surface area contributed by atoms with Gasteiger partial charge >= 0.3 is 0 Å². The van der Waals surface area contributed by atoms with Crippen molar-refractivity contribution in [2.45, 2.75) is 63.4 Å². The predicted molar refractivity (Wildman–Crippen MR) is 131 cm³/mol. The minimum Gasteiger partial charge on any atom is -0.497 e. The molecule has 0 spiro atoms. The molecule has 1 atom stereocenters. The number of hydrogen-bond donors (Lipinski definition) is 1. The Balaban J connectivity index is 1.69. The van der Waals surface area contributed by atoms with Gasteiger partial charge in [-0.05, 0) is 54.7 Å². The van der Waals surface area contributed by atoms with Gasteiger partial charge in [0.15, 0.2) is 0 Å². The third-order valence-electron chi connectivity index (χ3n) is 6.01. The normalized spacial score (nSPS) is 14.6. The fourth-order valence-electron chi connectivity index (χ4n) is 4.13. The number of halogens is 1. The lowest BCUT2D eigenvalue weighted by atomic mass is 10.1. The number of benzene rings is 2. The van der Waals surface area contributed by atoms with Crippen LogP contribution in [-0.4, -0.2) is 41.7 Å². The fraction of sp³-hybridized carbons (Fsp3) is 0.462. The van der Waals surface area contributed by atoms with Crippen LogP contribution in [0.15, 0.2) is 48.5 Å². The van der Waals surface area contributed by atoms with Gasteiger partial charge < -0.3 is 15.0 Å². The zero-order valence-electron chi connectivity index (χ0n) is 19.4. The van der Waals surface area contributed by atoms with Crippen LogP contribution in [0.3, 0.4) is 0 Å². The van der Waals surface area contributed by atoms with Crippen molar-refractivity contribution in [3.63, 3.8) is 0 Å². The smallest absolute Gasteiger partial charge is 0.243 e. The van der Waals surface area contributed by atoms with Gasteiger partial charge in [0, 0.05) is 18.3 Å². The molecular weight excluding hydrogens is 439 g/mol. The summed E-state index contributed by atoms with van der Waals surface area (Å²) in [4.78, 5) is 28.1. The second-order valence-electron chi connectivity index (χ2n) is 8.40. The van der Waals surface area contributed by atoms with E-state index in [1.54, 1.807) is 24.1 Å². The molecule has 0 saturated heterocycles. The monoisotopic (exact) mass is 472 g/mol. The van der Waals surface area contributed by atoms with Crippen LogP contribution < -0.4 is 10.1 Å². The molecule has 0 unspecified atom stereocenters. The van der Waals surface area contributed by atoms with Crippen molar-refractivity contribution in [2.24, 2.45) is 0 Å². The van der Waals surface area contributed by atoms with Crippen LogP contribution in [0.5, 0.6) is 5.75 Å². The van der Waals surface area contributed by atoms with Gasteiger partial charge in [-0.25, -0.2) is 4.39 Å². The summed E-state index contributed by atoms with van der Waals surface area (Å²) in [6.07, 6.45) is 4.82. The van der Waals surface area contributed by atoms with Gasteiger partial charge in [0.2, 0.25) is 11.8 Å². The minimum absolute atomic E-state index is 0.0743. The van der Waals surface area contributed by atoms with Gasteiger partial charge in [-0.15, -0.1) is 11.8 Å². The zero-order chi connectivity index (χ0) is 23.6. The van der Waals surface area contributed by atoms with Gasteiger partial charge in [-0.2, -0.15) is 0 Å². The molecule has 0 aliphatic heterocycles. The summed E-state index contributed by atoms with van der Waals surface area (Å²) < 4.78 is 18.4. The number of thioether (sulfide) groups is 1. The van der Waals surface area contributed by atoms with E-state index >= 15 is 0 Å². The lowest BCUT2D eigenvalue weighted by molar-refractivity contribution is -0.139. The molecule has 1 aliphatic rings. The van der Waals surface area contributed by atoms with Crippen LogP contribution in [0.4, 0.5) is 4.39 Å². The Labute approximate surface area is 200 Å². The van der Waals surface area contributed by atoms with Crippen molar-refractivity contribution in [3.05, 3.63) is 65.5 Å². The van der Waals surface area contributed by atoms with Crippen molar-refractivity contribution in [1.29, 1.82) is 0 Å². The van der Waals surface area contributed by atoms with Gasteiger partial charge in [-0.1, -0.05) is 44.0 Å². The van der Waals surface area contributed by atoms with Crippen molar-refractivity contribution < 1.29 is 18.7 Å². The predicted octanol–water partition coefficient (Wildman–Crippen LogP) is 4.93. The summed E-state index contributed by atoms with van der Waals surface area (Å²) in [5.41, 5.74) is 1.90. The fourth-order valence-corrected chi connectivity index (χ4v) is 5.01.